The molecule has 0 aromatic heterocycles. The molecule has 0 aliphatic heterocycles. The topological polar surface area (TPSA) is 98.2 Å². The number of nitrogen functional groups attached to an aromatic ring is 1. The van der Waals surface area contributed by atoms with Crippen molar-refractivity contribution in [1.82, 2.24) is 0 Å². The molecule has 0 spiro atoms. The maximum Gasteiger partial charge on any atom is 0.255 e. The minimum absolute atomic E-state index is 0.253. The molecule has 2 rings (SSSR count). The van der Waals surface area contributed by atoms with Crippen molar-refractivity contribution < 1.29 is 9.59 Å². The van der Waals surface area contributed by atoms with Crippen LogP contribution < -0.4 is 16.8 Å². The van der Waals surface area contributed by atoms with Gasteiger partial charge < -0.3 is 16.8 Å². The largest absolute Gasteiger partial charge is 0.399 e. The van der Waals surface area contributed by atoms with Gasteiger partial charge in [0.15, 0.2) is 0 Å². The molecule has 96 valence electrons. The van der Waals surface area contributed by atoms with Gasteiger partial charge in [0, 0.05) is 22.5 Å². The Morgan fingerprint density at radius 2 is 1.63 bits per heavy atom. The fourth-order valence-electron chi connectivity index (χ4n) is 1.66. The van der Waals surface area contributed by atoms with Gasteiger partial charge in [-0.3, -0.25) is 9.59 Å². The molecule has 0 unspecified atom stereocenters. The van der Waals surface area contributed by atoms with Crippen LogP contribution in [0.1, 0.15) is 20.7 Å². The number of amides is 2. The predicted molar refractivity (Wildman–Crippen MR) is 73.8 cm³/mol. The Balaban J connectivity index is 2.24. The van der Waals surface area contributed by atoms with Crippen molar-refractivity contribution in [1.29, 1.82) is 0 Å². The van der Waals surface area contributed by atoms with Crippen LogP contribution in [0.3, 0.4) is 0 Å². The Labute approximate surface area is 110 Å². The minimum Gasteiger partial charge on any atom is -0.399 e. The molecule has 2 amide bonds. The molecule has 5 heteroatoms. The highest BCUT2D eigenvalue weighted by molar-refractivity contribution is 6.05. The highest BCUT2D eigenvalue weighted by Gasteiger charge is 2.08. The fourth-order valence-corrected chi connectivity index (χ4v) is 1.66. The molecule has 0 saturated heterocycles. The summed E-state index contributed by atoms with van der Waals surface area (Å²) in [4.78, 5) is 23.1. The summed E-state index contributed by atoms with van der Waals surface area (Å²) in [6.07, 6.45) is 0. The van der Waals surface area contributed by atoms with Crippen molar-refractivity contribution in [2.45, 2.75) is 0 Å². The van der Waals surface area contributed by atoms with Crippen LogP contribution in [-0.2, 0) is 0 Å². The third kappa shape index (κ3) is 3.10. The van der Waals surface area contributed by atoms with Gasteiger partial charge in [-0.15, -0.1) is 0 Å². The Morgan fingerprint density at radius 3 is 2.26 bits per heavy atom. The van der Waals surface area contributed by atoms with Crippen LogP contribution >= 0.6 is 0 Å². The molecule has 0 aliphatic rings. The van der Waals surface area contributed by atoms with Gasteiger partial charge in [0.25, 0.3) is 5.91 Å². The number of nitrogens with one attached hydrogen (secondary N) is 1. The number of rotatable bonds is 3. The Bertz CT molecular complexity index is 624. The maximum absolute atomic E-state index is 11.9. The summed E-state index contributed by atoms with van der Waals surface area (Å²) in [6, 6.07) is 13.2. The van der Waals surface area contributed by atoms with Crippen molar-refractivity contribution in [2.75, 3.05) is 11.1 Å². The van der Waals surface area contributed by atoms with Crippen LogP contribution in [0.4, 0.5) is 11.4 Å². The van der Waals surface area contributed by atoms with Crippen molar-refractivity contribution in [3.05, 3.63) is 59.7 Å². The van der Waals surface area contributed by atoms with Gasteiger partial charge in [-0.05, 0) is 30.3 Å². The second-order valence-corrected chi connectivity index (χ2v) is 4.03. The zero-order chi connectivity index (χ0) is 13.8. The summed E-state index contributed by atoms with van der Waals surface area (Å²) >= 11 is 0. The third-order valence-electron chi connectivity index (χ3n) is 2.53. The average molecular weight is 255 g/mol. The Kier molecular flexibility index (Phi) is 3.47. The molecule has 0 bridgehead atoms. The van der Waals surface area contributed by atoms with Gasteiger partial charge in [-0.2, -0.15) is 0 Å². The van der Waals surface area contributed by atoms with Crippen molar-refractivity contribution in [2.24, 2.45) is 5.73 Å². The molecule has 0 heterocycles. The molecule has 0 saturated carbocycles. The summed E-state index contributed by atoms with van der Waals surface area (Å²) in [5.41, 5.74) is 12.4. The summed E-state index contributed by atoms with van der Waals surface area (Å²) in [7, 11) is 0. The van der Waals surface area contributed by atoms with Crippen LogP contribution in [0, 0.1) is 0 Å². The van der Waals surface area contributed by atoms with Gasteiger partial charge in [-0.1, -0.05) is 18.2 Å². The van der Waals surface area contributed by atoms with Gasteiger partial charge >= 0.3 is 0 Å². The standard InChI is InChI=1S/C14H13N3O2/c15-11-6-10(13(16)18)7-12(8-11)17-14(19)9-4-2-1-3-5-9/h1-8H,15H2,(H2,16,18)(H,17,19). The van der Waals surface area contributed by atoms with E-state index in [4.69, 9.17) is 11.5 Å². The molecule has 0 radical (unpaired) electrons. The van der Waals surface area contributed by atoms with E-state index in [1.807, 2.05) is 6.07 Å². The second kappa shape index (κ2) is 5.22. The normalized spacial score (nSPS) is 9.89. The van der Waals surface area contributed by atoms with Gasteiger partial charge in [-0.25, -0.2) is 0 Å². The molecule has 0 atom stereocenters. The quantitative estimate of drug-likeness (QED) is 0.727. The second-order valence-electron chi connectivity index (χ2n) is 4.03. The van der Waals surface area contributed by atoms with E-state index in [-0.39, 0.29) is 11.5 Å². The lowest BCUT2D eigenvalue weighted by Gasteiger charge is -2.07. The lowest BCUT2D eigenvalue weighted by molar-refractivity contribution is 0.0996. The first-order valence-electron chi connectivity index (χ1n) is 5.63. The van der Waals surface area contributed by atoms with E-state index in [1.165, 1.54) is 12.1 Å². The predicted octanol–water partition coefficient (Wildman–Crippen LogP) is 1.62. The number of anilines is 2. The fraction of sp³-hybridized carbons (Fsp3) is 0. The molecule has 19 heavy (non-hydrogen) atoms. The van der Waals surface area contributed by atoms with Crippen LogP contribution in [0.25, 0.3) is 0 Å². The molecule has 2 aromatic carbocycles. The van der Waals surface area contributed by atoms with E-state index in [9.17, 15) is 9.59 Å². The SMILES string of the molecule is NC(=O)c1cc(N)cc(NC(=O)c2ccccc2)c1. The Morgan fingerprint density at radius 1 is 0.947 bits per heavy atom. The number of benzene rings is 2. The number of carbonyl (C=O) groups is 2. The first-order valence-corrected chi connectivity index (χ1v) is 5.63. The van der Waals surface area contributed by atoms with Gasteiger partial charge in [0.05, 0.1) is 0 Å². The molecular formula is C14H13N3O2. The van der Waals surface area contributed by atoms with Crippen molar-refractivity contribution >= 4 is 23.2 Å². The maximum atomic E-state index is 11.9. The van der Waals surface area contributed by atoms with Crippen LogP contribution in [0.5, 0.6) is 0 Å². The average Bonchev–Trinajstić information content (AvgIpc) is 2.39. The number of nitrogens with two attached hydrogens (primary N) is 2. The van der Waals surface area contributed by atoms with Crippen LogP contribution in [0.2, 0.25) is 0 Å². The van der Waals surface area contributed by atoms with E-state index in [1.54, 1.807) is 30.3 Å². The van der Waals surface area contributed by atoms with Crippen LogP contribution in [-0.4, -0.2) is 11.8 Å². The van der Waals surface area contributed by atoms with E-state index in [0.29, 0.717) is 16.9 Å². The minimum atomic E-state index is -0.595. The van der Waals surface area contributed by atoms with Crippen molar-refractivity contribution in [3.63, 3.8) is 0 Å². The van der Waals surface area contributed by atoms with E-state index in [2.05, 4.69) is 5.32 Å². The molecule has 2 aromatic rings. The molecule has 5 N–H and O–H groups in total. The summed E-state index contributed by atoms with van der Waals surface area (Å²) in [6.45, 7) is 0. The van der Waals surface area contributed by atoms with Gasteiger partial charge in [0.1, 0.15) is 0 Å². The van der Waals surface area contributed by atoms with E-state index >= 15 is 0 Å². The van der Waals surface area contributed by atoms with E-state index in [0.717, 1.165) is 0 Å². The summed E-state index contributed by atoms with van der Waals surface area (Å²) < 4.78 is 0. The first kappa shape index (κ1) is 12.6. The summed E-state index contributed by atoms with van der Waals surface area (Å²) in [5.74, 6) is -0.871. The molecule has 0 fully saturated rings. The smallest absolute Gasteiger partial charge is 0.255 e. The van der Waals surface area contributed by atoms with E-state index < -0.39 is 5.91 Å². The molecular weight excluding hydrogens is 242 g/mol. The zero-order valence-electron chi connectivity index (χ0n) is 10.1. The molecule has 5 nitrogen and oxygen atoms in total. The lowest BCUT2D eigenvalue weighted by atomic mass is 10.1. The monoisotopic (exact) mass is 255 g/mol. The highest BCUT2D eigenvalue weighted by Crippen LogP contribution is 2.17. The number of hydrogen-bond acceptors (Lipinski definition) is 3. The number of hydrogen-bond donors (Lipinski definition) is 3. The van der Waals surface area contributed by atoms with Gasteiger partial charge in [0.2, 0.25) is 5.91 Å². The third-order valence-corrected chi connectivity index (χ3v) is 2.53. The number of carbonyl (C=O) groups excluding carboxylic acids is 2. The zero-order valence-corrected chi connectivity index (χ0v) is 10.1. The number of primary amides is 1. The lowest BCUT2D eigenvalue weighted by Crippen LogP contribution is -2.15. The Hall–Kier alpha value is -2.82. The molecule has 0 aliphatic carbocycles. The van der Waals surface area contributed by atoms with Crippen LogP contribution in [0.15, 0.2) is 48.5 Å². The van der Waals surface area contributed by atoms with Crippen molar-refractivity contribution in [3.8, 4) is 0 Å². The highest BCUT2D eigenvalue weighted by atomic mass is 16.2. The summed E-state index contributed by atoms with van der Waals surface area (Å²) in [5, 5.41) is 2.67. The first-order chi connectivity index (χ1) is 9.06.